The lowest BCUT2D eigenvalue weighted by Gasteiger charge is -2.15. The van der Waals surface area contributed by atoms with Crippen molar-refractivity contribution in [2.24, 2.45) is 0 Å². The van der Waals surface area contributed by atoms with Gasteiger partial charge in [0, 0.05) is 32.1 Å². The lowest BCUT2D eigenvalue weighted by Crippen LogP contribution is -2.35. The second-order valence-corrected chi connectivity index (χ2v) is 6.29. The first kappa shape index (κ1) is 16.3. The van der Waals surface area contributed by atoms with E-state index in [4.69, 9.17) is 0 Å². The Labute approximate surface area is 149 Å². The van der Waals surface area contributed by atoms with Gasteiger partial charge in [-0.25, -0.2) is 18.6 Å². The highest BCUT2D eigenvalue weighted by Crippen LogP contribution is 2.29. The van der Waals surface area contributed by atoms with Crippen LogP contribution in [0.4, 0.5) is 4.39 Å². The molecule has 1 aromatic carbocycles. The lowest BCUT2D eigenvalue weighted by atomic mass is 10.0. The molecule has 0 N–H and O–H groups in total. The van der Waals surface area contributed by atoms with E-state index >= 15 is 0 Å². The van der Waals surface area contributed by atoms with Crippen molar-refractivity contribution in [1.29, 1.82) is 0 Å². The molecule has 7 heteroatoms. The normalized spacial score (nSPS) is 11.4. The first-order chi connectivity index (χ1) is 12.5. The van der Waals surface area contributed by atoms with Crippen LogP contribution < -0.4 is 10.6 Å². The Bertz CT molecular complexity index is 1170. The average Bonchev–Trinajstić information content (AvgIpc) is 3.01. The van der Waals surface area contributed by atoms with Crippen LogP contribution in [-0.4, -0.2) is 33.4 Å². The molecule has 0 amide bonds. The minimum atomic E-state index is -0.286. The van der Waals surface area contributed by atoms with Crippen molar-refractivity contribution >= 4 is 16.6 Å². The predicted molar refractivity (Wildman–Crippen MR) is 99.6 cm³/mol. The van der Waals surface area contributed by atoms with Gasteiger partial charge in [-0.1, -0.05) is 19.1 Å². The van der Waals surface area contributed by atoms with Gasteiger partial charge >= 0.3 is 0 Å². The van der Waals surface area contributed by atoms with Gasteiger partial charge in [0.1, 0.15) is 5.82 Å². The van der Waals surface area contributed by atoms with Crippen LogP contribution in [-0.2, 0) is 6.42 Å². The minimum absolute atomic E-state index is 0.154. The minimum Gasteiger partial charge on any atom is -0.316 e. The number of nitrogens with zero attached hydrogens (tertiary/aromatic N) is 5. The highest BCUT2D eigenvalue weighted by molar-refractivity contribution is 5.86. The Morgan fingerprint density at radius 3 is 2.54 bits per heavy atom. The summed E-state index contributed by atoms with van der Waals surface area (Å²) in [6.07, 6.45) is 4.00. The van der Waals surface area contributed by atoms with E-state index in [1.54, 1.807) is 48.1 Å². The quantitative estimate of drug-likeness (QED) is 0.569. The van der Waals surface area contributed by atoms with E-state index in [0.717, 1.165) is 16.8 Å². The van der Waals surface area contributed by atoms with E-state index in [9.17, 15) is 9.18 Å². The van der Waals surface area contributed by atoms with Crippen molar-refractivity contribution in [3.63, 3.8) is 0 Å². The molecule has 0 spiro atoms. The Hall–Kier alpha value is -3.22. The van der Waals surface area contributed by atoms with Crippen molar-refractivity contribution in [1.82, 2.24) is 19.3 Å². The molecule has 0 bridgehead atoms. The summed E-state index contributed by atoms with van der Waals surface area (Å²) in [4.78, 5) is 17.2. The molecule has 26 heavy (non-hydrogen) atoms. The molecule has 0 aliphatic heterocycles. The van der Waals surface area contributed by atoms with E-state index < -0.39 is 0 Å². The zero-order valence-electron chi connectivity index (χ0n) is 14.8. The fourth-order valence-electron chi connectivity index (χ4n) is 3.18. The van der Waals surface area contributed by atoms with Gasteiger partial charge in [0.05, 0.1) is 16.6 Å². The summed E-state index contributed by atoms with van der Waals surface area (Å²) < 4.78 is 16.5. The fraction of sp³-hybridized carbons (Fsp3) is 0.211. The maximum absolute atomic E-state index is 13.3. The second-order valence-electron chi connectivity index (χ2n) is 6.29. The van der Waals surface area contributed by atoms with Gasteiger partial charge in [0.2, 0.25) is 0 Å². The molecule has 0 saturated heterocycles. The molecule has 0 aliphatic carbocycles. The van der Waals surface area contributed by atoms with Crippen LogP contribution in [0.5, 0.6) is 0 Å². The van der Waals surface area contributed by atoms with Crippen molar-refractivity contribution in [3.05, 3.63) is 64.6 Å². The van der Waals surface area contributed by atoms with Crippen molar-refractivity contribution in [2.45, 2.75) is 13.3 Å². The summed E-state index contributed by atoms with van der Waals surface area (Å²) >= 11 is 0. The molecule has 0 radical (unpaired) electrons. The first-order valence-electron chi connectivity index (χ1n) is 8.36. The zero-order valence-corrected chi connectivity index (χ0v) is 14.8. The maximum Gasteiger partial charge on any atom is 0.279 e. The second kappa shape index (κ2) is 5.94. The summed E-state index contributed by atoms with van der Waals surface area (Å²) in [6, 6.07) is 8.15. The van der Waals surface area contributed by atoms with E-state index in [0.29, 0.717) is 23.0 Å². The summed E-state index contributed by atoms with van der Waals surface area (Å²) in [6.45, 7) is 2.01. The average molecular weight is 351 g/mol. The molecule has 0 unspecified atom stereocenters. The molecule has 0 fully saturated rings. The van der Waals surface area contributed by atoms with Gasteiger partial charge < -0.3 is 5.01 Å². The van der Waals surface area contributed by atoms with Gasteiger partial charge in [-0.15, -0.1) is 0 Å². The highest BCUT2D eigenvalue weighted by Gasteiger charge is 2.18. The highest BCUT2D eigenvalue weighted by atomic mass is 19.1. The molecule has 4 aromatic rings. The first-order valence-corrected chi connectivity index (χ1v) is 8.36. The summed E-state index contributed by atoms with van der Waals surface area (Å²) in [5, 5.41) is 6.87. The van der Waals surface area contributed by atoms with Crippen LogP contribution in [0.25, 0.3) is 27.7 Å². The smallest absolute Gasteiger partial charge is 0.279 e. The predicted octanol–water partition coefficient (Wildman–Crippen LogP) is 2.61. The number of fused-ring (bicyclic) bond motifs is 3. The van der Waals surface area contributed by atoms with Crippen LogP contribution in [0.3, 0.4) is 0 Å². The number of benzene rings is 1. The Kier molecular flexibility index (Phi) is 3.72. The Morgan fingerprint density at radius 1 is 1.15 bits per heavy atom. The number of aryl methyl sites for hydroxylation is 1. The van der Waals surface area contributed by atoms with Crippen molar-refractivity contribution < 1.29 is 4.39 Å². The number of hydrogen-bond acceptors (Lipinski definition) is 4. The summed E-state index contributed by atoms with van der Waals surface area (Å²) in [5.74, 6) is -0.286. The molecule has 132 valence electrons. The van der Waals surface area contributed by atoms with Crippen LogP contribution in [0.2, 0.25) is 0 Å². The Morgan fingerprint density at radius 2 is 1.88 bits per heavy atom. The van der Waals surface area contributed by atoms with E-state index in [-0.39, 0.29) is 11.4 Å². The number of pyridine rings is 1. The third kappa shape index (κ3) is 2.35. The van der Waals surface area contributed by atoms with Crippen LogP contribution in [0, 0.1) is 5.82 Å². The monoisotopic (exact) mass is 351 g/mol. The van der Waals surface area contributed by atoms with E-state index in [1.165, 1.54) is 16.8 Å². The van der Waals surface area contributed by atoms with Crippen molar-refractivity contribution in [2.75, 3.05) is 19.1 Å². The maximum atomic E-state index is 13.3. The van der Waals surface area contributed by atoms with Gasteiger partial charge in [0.15, 0.2) is 5.65 Å². The van der Waals surface area contributed by atoms with Crippen molar-refractivity contribution in [3.8, 4) is 11.1 Å². The van der Waals surface area contributed by atoms with E-state index in [1.807, 2.05) is 13.0 Å². The van der Waals surface area contributed by atoms with Crippen LogP contribution in [0.1, 0.15) is 12.6 Å². The number of hydrogen-bond donors (Lipinski definition) is 0. The summed E-state index contributed by atoms with van der Waals surface area (Å²) in [7, 11) is 3.60. The van der Waals surface area contributed by atoms with Gasteiger partial charge in [-0.3, -0.25) is 4.79 Å². The number of halogens is 1. The molecule has 4 rings (SSSR count). The fourth-order valence-corrected chi connectivity index (χ4v) is 3.18. The van der Waals surface area contributed by atoms with E-state index in [2.05, 4.69) is 10.1 Å². The molecule has 6 nitrogen and oxygen atoms in total. The molecule has 0 saturated carbocycles. The van der Waals surface area contributed by atoms with Crippen LogP contribution in [0.15, 0.2) is 47.5 Å². The third-order valence-corrected chi connectivity index (χ3v) is 4.46. The molecular weight excluding hydrogens is 333 g/mol. The molecule has 0 atom stereocenters. The molecular formula is C19H18FN5O. The van der Waals surface area contributed by atoms with Gasteiger partial charge in [0.25, 0.3) is 5.56 Å². The zero-order chi connectivity index (χ0) is 18.4. The Balaban J connectivity index is 2.06. The number of aromatic nitrogens is 4. The SMILES string of the molecule is CCc1nn2c(ncc3c(=O)n(N(C)C)ccc32)c1-c1ccc(F)cc1. The lowest BCUT2D eigenvalue weighted by molar-refractivity contribution is 0.628. The topological polar surface area (TPSA) is 55.4 Å². The largest absolute Gasteiger partial charge is 0.316 e. The molecule has 3 aromatic heterocycles. The third-order valence-electron chi connectivity index (χ3n) is 4.46. The number of rotatable bonds is 3. The van der Waals surface area contributed by atoms with Gasteiger partial charge in [-0.05, 0) is 30.2 Å². The molecule has 0 aliphatic rings. The molecule has 3 heterocycles. The van der Waals surface area contributed by atoms with Crippen LogP contribution >= 0.6 is 0 Å². The van der Waals surface area contributed by atoms with Gasteiger partial charge in [-0.2, -0.15) is 5.10 Å². The standard InChI is InChI=1S/C19H18FN5O/c1-4-15-17(12-5-7-13(20)8-6-12)18-21-11-14-16(25(18)22-15)9-10-24(19(14)26)23(2)3/h5-11H,4H2,1-3H3. The summed E-state index contributed by atoms with van der Waals surface area (Å²) in [5.41, 5.74) is 3.77.